The highest BCUT2D eigenvalue weighted by Crippen LogP contribution is 2.34. The van der Waals surface area contributed by atoms with Crippen molar-refractivity contribution >= 4 is 17.3 Å². The van der Waals surface area contributed by atoms with Crippen LogP contribution < -0.4 is 5.32 Å². The molecule has 0 radical (unpaired) electrons. The van der Waals surface area contributed by atoms with Crippen molar-refractivity contribution in [2.45, 2.75) is 31.3 Å². The maximum atomic E-state index is 13.3. The smallest absolute Gasteiger partial charge is 0.256 e. The number of allylic oxidation sites excluding steroid dienone is 1. The predicted molar refractivity (Wildman–Crippen MR) is 114 cm³/mol. The molecule has 1 N–H and O–H groups in total. The molecule has 1 amide bonds. The van der Waals surface area contributed by atoms with Gasteiger partial charge in [0, 0.05) is 55.1 Å². The average Bonchev–Trinajstić information content (AvgIpc) is 3.27. The van der Waals surface area contributed by atoms with Gasteiger partial charge in [-0.25, -0.2) is 4.98 Å². The summed E-state index contributed by atoms with van der Waals surface area (Å²) in [5.74, 6) is 0.881. The third-order valence-corrected chi connectivity index (χ3v) is 6.23. The maximum absolute atomic E-state index is 13.3. The van der Waals surface area contributed by atoms with Crippen LogP contribution in [0.5, 0.6) is 0 Å². The van der Waals surface area contributed by atoms with Crippen LogP contribution in [0.25, 0.3) is 5.57 Å². The fraction of sp³-hybridized carbons (Fsp3) is 0.348. The Balaban J connectivity index is 1.43. The van der Waals surface area contributed by atoms with E-state index in [0.717, 1.165) is 60.6 Å². The number of amides is 1. The summed E-state index contributed by atoms with van der Waals surface area (Å²) in [7, 11) is 2.14. The van der Waals surface area contributed by atoms with E-state index in [9.17, 15) is 4.79 Å². The second kappa shape index (κ2) is 7.12. The molecule has 148 valence electrons. The Kier molecular flexibility index (Phi) is 4.43. The number of fused-ring (bicyclic) bond motifs is 3. The van der Waals surface area contributed by atoms with E-state index in [-0.39, 0.29) is 5.91 Å². The van der Waals surface area contributed by atoms with Gasteiger partial charge in [-0.3, -0.25) is 9.78 Å². The lowest BCUT2D eigenvalue weighted by Crippen LogP contribution is -2.54. The van der Waals surface area contributed by atoms with E-state index >= 15 is 0 Å². The molecule has 0 saturated carbocycles. The van der Waals surface area contributed by atoms with Crippen molar-refractivity contribution in [1.82, 2.24) is 19.8 Å². The number of carbonyl (C=O) groups is 1. The molecule has 2 aliphatic heterocycles. The Labute approximate surface area is 171 Å². The van der Waals surface area contributed by atoms with Crippen LogP contribution in [-0.2, 0) is 6.42 Å². The van der Waals surface area contributed by atoms with Gasteiger partial charge in [0.2, 0.25) is 0 Å². The molecule has 0 spiro atoms. The van der Waals surface area contributed by atoms with Gasteiger partial charge in [0.05, 0.1) is 11.3 Å². The van der Waals surface area contributed by atoms with E-state index in [1.807, 2.05) is 24.4 Å². The van der Waals surface area contributed by atoms with E-state index in [2.05, 4.69) is 44.8 Å². The summed E-state index contributed by atoms with van der Waals surface area (Å²) in [6, 6.07) is 6.64. The fourth-order valence-corrected chi connectivity index (χ4v) is 4.93. The van der Waals surface area contributed by atoms with Crippen LogP contribution in [0.3, 0.4) is 0 Å². The molecule has 0 aromatic carbocycles. The Morgan fingerprint density at radius 2 is 2.00 bits per heavy atom. The number of anilines is 1. The number of likely N-dealkylation sites (N-methyl/N-ethyl adjacent to an activating group) is 1. The second-order valence-electron chi connectivity index (χ2n) is 8.14. The van der Waals surface area contributed by atoms with Crippen LogP contribution in [0, 0.1) is 0 Å². The molecular weight excluding hydrogens is 362 g/mol. The van der Waals surface area contributed by atoms with Crippen LogP contribution in [0.4, 0.5) is 5.82 Å². The molecule has 5 rings (SSSR count). The fourth-order valence-electron chi connectivity index (χ4n) is 4.93. The molecule has 6 nitrogen and oxygen atoms in total. The zero-order valence-corrected chi connectivity index (χ0v) is 16.6. The summed E-state index contributed by atoms with van der Waals surface area (Å²) in [5, 5.41) is 2.99. The first kappa shape index (κ1) is 18.1. The Bertz CT molecular complexity index is 983. The zero-order chi connectivity index (χ0) is 20.0. The van der Waals surface area contributed by atoms with E-state index in [1.54, 1.807) is 12.4 Å². The zero-order valence-electron chi connectivity index (χ0n) is 16.6. The number of nitrogens with one attached hydrogen (secondary N) is 1. The molecule has 2 bridgehead atoms. The molecule has 2 saturated heterocycles. The SMILES string of the molecule is C=CNc1ccc(C2=CCc3ncc(C(=O)N4C5CCC4CN(C)C5)cc32)cn1. The molecular formula is C23H25N5O. The Hall–Kier alpha value is -2.99. The highest BCUT2D eigenvalue weighted by molar-refractivity contribution is 5.96. The van der Waals surface area contributed by atoms with Crippen molar-refractivity contribution in [2.24, 2.45) is 0 Å². The summed E-state index contributed by atoms with van der Waals surface area (Å²) in [6.45, 7) is 5.58. The lowest BCUT2D eigenvalue weighted by Gasteiger charge is -2.39. The molecule has 2 aromatic rings. The van der Waals surface area contributed by atoms with Gasteiger partial charge in [0.15, 0.2) is 0 Å². The normalized spacial score (nSPS) is 22.9. The Morgan fingerprint density at radius 1 is 1.21 bits per heavy atom. The summed E-state index contributed by atoms with van der Waals surface area (Å²) >= 11 is 0. The number of hydrogen-bond donors (Lipinski definition) is 1. The number of carbonyl (C=O) groups excluding carboxylic acids is 1. The third kappa shape index (κ3) is 3.13. The van der Waals surface area contributed by atoms with E-state index in [1.165, 1.54) is 0 Å². The first-order valence-corrected chi connectivity index (χ1v) is 10.2. The summed E-state index contributed by atoms with van der Waals surface area (Å²) < 4.78 is 0. The first-order chi connectivity index (χ1) is 14.1. The van der Waals surface area contributed by atoms with Crippen LogP contribution in [0.2, 0.25) is 0 Å². The summed E-state index contributed by atoms with van der Waals surface area (Å²) in [4.78, 5) is 26.9. The summed E-state index contributed by atoms with van der Waals surface area (Å²) in [5.41, 5.74) is 4.89. The van der Waals surface area contributed by atoms with E-state index < -0.39 is 0 Å². The number of nitrogens with zero attached hydrogens (tertiary/aromatic N) is 4. The van der Waals surface area contributed by atoms with Crippen molar-refractivity contribution in [3.8, 4) is 0 Å². The lowest BCUT2D eigenvalue weighted by atomic mass is 10.0. The lowest BCUT2D eigenvalue weighted by molar-refractivity contribution is 0.0472. The first-order valence-electron chi connectivity index (χ1n) is 10.2. The number of piperazine rings is 1. The largest absolute Gasteiger partial charge is 0.347 e. The van der Waals surface area contributed by atoms with Crippen LogP contribution in [-0.4, -0.2) is 57.9 Å². The van der Waals surface area contributed by atoms with Gasteiger partial charge in [-0.05, 0) is 49.9 Å². The monoisotopic (exact) mass is 387 g/mol. The van der Waals surface area contributed by atoms with Gasteiger partial charge in [0.1, 0.15) is 5.82 Å². The van der Waals surface area contributed by atoms with Gasteiger partial charge < -0.3 is 15.1 Å². The molecule has 2 fully saturated rings. The molecule has 3 aliphatic rings. The Morgan fingerprint density at radius 3 is 2.69 bits per heavy atom. The minimum Gasteiger partial charge on any atom is -0.347 e. The van der Waals surface area contributed by atoms with Crippen molar-refractivity contribution in [1.29, 1.82) is 0 Å². The van der Waals surface area contributed by atoms with E-state index in [4.69, 9.17) is 0 Å². The van der Waals surface area contributed by atoms with Crippen LogP contribution >= 0.6 is 0 Å². The van der Waals surface area contributed by atoms with Gasteiger partial charge in [-0.15, -0.1) is 0 Å². The van der Waals surface area contributed by atoms with Gasteiger partial charge in [0.25, 0.3) is 5.91 Å². The van der Waals surface area contributed by atoms with Crippen molar-refractivity contribution in [2.75, 3.05) is 25.5 Å². The second-order valence-corrected chi connectivity index (χ2v) is 8.14. The minimum atomic E-state index is 0.121. The molecule has 29 heavy (non-hydrogen) atoms. The molecule has 4 heterocycles. The highest BCUT2D eigenvalue weighted by atomic mass is 16.2. The van der Waals surface area contributed by atoms with Crippen molar-refractivity contribution in [3.05, 3.63) is 71.8 Å². The number of rotatable bonds is 4. The number of aromatic nitrogens is 2. The third-order valence-electron chi connectivity index (χ3n) is 6.23. The molecule has 2 unspecified atom stereocenters. The molecule has 2 aromatic heterocycles. The van der Waals surface area contributed by atoms with Gasteiger partial charge >= 0.3 is 0 Å². The maximum Gasteiger partial charge on any atom is 0.256 e. The average molecular weight is 387 g/mol. The van der Waals surface area contributed by atoms with E-state index in [0.29, 0.717) is 17.6 Å². The van der Waals surface area contributed by atoms with Gasteiger partial charge in [-0.2, -0.15) is 0 Å². The van der Waals surface area contributed by atoms with Gasteiger partial charge in [-0.1, -0.05) is 12.7 Å². The quantitative estimate of drug-likeness (QED) is 0.874. The van der Waals surface area contributed by atoms with Crippen LogP contribution in [0.1, 0.15) is 40.0 Å². The van der Waals surface area contributed by atoms with Crippen LogP contribution in [0.15, 0.2) is 49.4 Å². The van der Waals surface area contributed by atoms with Crippen molar-refractivity contribution < 1.29 is 4.79 Å². The topological polar surface area (TPSA) is 61.4 Å². The predicted octanol–water partition coefficient (Wildman–Crippen LogP) is 2.94. The molecule has 1 aliphatic carbocycles. The standard InChI is InChI=1S/C23H25N5O/c1-3-24-22-9-4-15(11-26-22)19-7-8-21-20(19)10-16(12-25-21)23(29)28-17-5-6-18(28)14-27(2)13-17/h3-4,7,9-12,17-18H,1,5-6,8,13-14H2,2H3,(H,24,26). The minimum absolute atomic E-state index is 0.121. The molecule has 6 heteroatoms. The van der Waals surface area contributed by atoms with Crippen molar-refractivity contribution in [3.63, 3.8) is 0 Å². The summed E-state index contributed by atoms with van der Waals surface area (Å²) in [6.07, 6.45) is 10.4. The molecule has 2 atom stereocenters. The highest BCUT2D eigenvalue weighted by Gasteiger charge is 2.42. The number of hydrogen-bond acceptors (Lipinski definition) is 5. The number of likely N-dealkylation sites (tertiary alicyclic amines) is 1. The number of pyridine rings is 2.